The first-order valence-electron chi connectivity index (χ1n) is 6.78. The number of carbonyl (C=O) groups excluding carboxylic acids is 1. The lowest BCUT2D eigenvalue weighted by Gasteiger charge is -2.13. The maximum atomic E-state index is 12.4. The Morgan fingerprint density at radius 1 is 1.16 bits per heavy atom. The lowest BCUT2D eigenvalue weighted by Crippen LogP contribution is -2.34. The van der Waals surface area contributed by atoms with Crippen LogP contribution in [0.5, 0.6) is 5.75 Å². The summed E-state index contributed by atoms with van der Waals surface area (Å²) in [6, 6.07) is 11.1. The minimum atomic E-state index is -3.03. The van der Waals surface area contributed by atoms with Crippen LogP contribution < -0.4 is 15.4 Å². The van der Waals surface area contributed by atoms with Gasteiger partial charge < -0.3 is 10.1 Å². The van der Waals surface area contributed by atoms with Crippen molar-refractivity contribution in [3.63, 3.8) is 0 Å². The van der Waals surface area contributed by atoms with Gasteiger partial charge in [0, 0.05) is 6.07 Å². The van der Waals surface area contributed by atoms with Crippen molar-refractivity contribution in [2.24, 2.45) is 0 Å². The van der Waals surface area contributed by atoms with E-state index in [1.54, 1.807) is 6.07 Å². The molecular weight excluding hydrogens is 356 g/mol. The van der Waals surface area contributed by atoms with E-state index in [0.29, 0.717) is 0 Å². The number of alkyl halides is 2. The van der Waals surface area contributed by atoms with Crippen molar-refractivity contribution >= 4 is 34.6 Å². The lowest BCUT2D eigenvalue weighted by atomic mass is 10.1. The van der Waals surface area contributed by atoms with E-state index in [0.717, 1.165) is 0 Å². The summed E-state index contributed by atoms with van der Waals surface area (Å²) in [6.45, 7) is -3.03. The second-order valence-corrected chi connectivity index (χ2v) is 4.97. The maximum Gasteiger partial charge on any atom is 0.387 e. The standard InChI is InChI=1S/C15H11F2N3O4S/c16-14(17)24-12-8-4-2-6-10(12)18-15(25)19-13(21)9-5-1-3-7-11(9)20(22)23/h1-8,14H,(H2,18,19,21,25). The first kappa shape index (κ1) is 18.2. The maximum absolute atomic E-state index is 12.4. The average molecular weight is 367 g/mol. The van der Waals surface area contributed by atoms with Crippen molar-refractivity contribution in [1.82, 2.24) is 5.32 Å². The zero-order valence-corrected chi connectivity index (χ0v) is 13.3. The smallest absolute Gasteiger partial charge is 0.387 e. The van der Waals surface area contributed by atoms with E-state index >= 15 is 0 Å². The Morgan fingerprint density at radius 2 is 1.80 bits per heavy atom. The fraction of sp³-hybridized carbons (Fsp3) is 0.0667. The van der Waals surface area contributed by atoms with Crippen LogP contribution in [0.15, 0.2) is 48.5 Å². The third kappa shape index (κ3) is 4.91. The Bertz CT molecular complexity index is 817. The van der Waals surface area contributed by atoms with Crippen molar-refractivity contribution in [1.29, 1.82) is 0 Å². The summed E-state index contributed by atoms with van der Waals surface area (Å²) in [5.41, 5.74) is -0.464. The van der Waals surface area contributed by atoms with Gasteiger partial charge in [0.2, 0.25) is 0 Å². The van der Waals surface area contributed by atoms with E-state index in [9.17, 15) is 23.7 Å². The van der Waals surface area contributed by atoms with Gasteiger partial charge in [-0.1, -0.05) is 24.3 Å². The Balaban J connectivity index is 2.11. The molecular formula is C15H11F2N3O4S. The molecule has 0 heterocycles. The third-order valence-electron chi connectivity index (χ3n) is 2.92. The summed E-state index contributed by atoms with van der Waals surface area (Å²) >= 11 is 4.94. The molecule has 0 spiro atoms. The van der Waals surface area contributed by atoms with Gasteiger partial charge >= 0.3 is 6.61 Å². The largest absolute Gasteiger partial charge is 0.433 e. The predicted molar refractivity (Wildman–Crippen MR) is 89.9 cm³/mol. The van der Waals surface area contributed by atoms with Crippen molar-refractivity contribution < 1.29 is 23.2 Å². The van der Waals surface area contributed by atoms with Crippen molar-refractivity contribution in [3.05, 3.63) is 64.2 Å². The van der Waals surface area contributed by atoms with Gasteiger partial charge in [-0.3, -0.25) is 20.2 Å². The topological polar surface area (TPSA) is 93.5 Å². The number of nitrogens with one attached hydrogen (secondary N) is 2. The van der Waals surface area contributed by atoms with Crippen LogP contribution in [0.1, 0.15) is 10.4 Å². The molecule has 0 radical (unpaired) electrons. The molecule has 0 aliphatic heterocycles. The summed E-state index contributed by atoms with van der Waals surface area (Å²) in [6.07, 6.45) is 0. The molecule has 130 valence electrons. The number of nitro benzene ring substituents is 1. The Hall–Kier alpha value is -3.14. The highest BCUT2D eigenvalue weighted by atomic mass is 32.1. The minimum absolute atomic E-state index is 0.107. The lowest BCUT2D eigenvalue weighted by molar-refractivity contribution is -0.385. The zero-order valence-electron chi connectivity index (χ0n) is 12.4. The highest BCUT2D eigenvalue weighted by molar-refractivity contribution is 7.80. The van der Waals surface area contributed by atoms with E-state index < -0.39 is 17.4 Å². The Morgan fingerprint density at radius 3 is 2.48 bits per heavy atom. The Labute approximate surface area is 145 Å². The summed E-state index contributed by atoms with van der Waals surface area (Å²) in [5, 5.41) is 15.5. The molecule has 0 aromatic heterocycles. The van der Waals surface area contributed by atoms with Gasteiger partial charge in [0.1, 0.15) is 11.3 Å². The number of nitrogens with zero attached hydrogens (tertiary/aromatic N) is 1. The first-order chi connectivity index (χ1) is 11.9. The van der Waals surface area contributed by atoms with Crippen LogP contribution in [0.2, 0.25) is 0 Å². The molecule has 25 heavy (non-hydrogen) atoms. The van der Waals surface area contributed by atoms with Gasteiger partial charge in [-0.25, -0.2) is 0 Å². The molecule has 10 heteroatoms. The summed E-state index contributed by atoms with van der Waals surface area (Å²) in [7, 11) is 0. The molecule has 2 N–H and O–H groups in total. The van der Waals surface area contributed by atoms with Crippen molar-refractivity contribution in [2.75, 3.05) is 5.32 Å². The number of para-hydroxylation sites is 3. The molecule has 0 bridgehead atoms. The van der Waals surface area contributed by atoms with Crippen LogP contribution in [0, 0.1) is 10.1 Å². The van der Waals surface area contributed by atoms with Gasteiger partial charge in [0.15, 0.2) is 5.11 Å². The molecule has 0 fully saturated rings. The number of anilines is 1. The molecule has 0 atom stereocenters. The number of benzene rings is 2. The molecule has 1 amide bonds. The predicted octanol–water partition coefficient (Wildman–Crippen LogP) is 3.32. The number of ether oxygens (including phenoxy) is 1. The first-order valence-corrected chi connectivity index (χ1v) is 7.19. The highest BCUT2D eigenvalue weighted by Gasteiger charge is 2.20. The van der Waals surface area contributed by atoms with Gasteiger partial charge in [0.05, 0.1) is 10.6 Å². The van der Waals surface area contributed by atoms with Crippen LogP contribution in [0.3, 0.4) is 0 Å². The monoisotopic (exact) mass is 367 g/mol. The normalized spacial score (nSPS) is 10.2. The highest BCUT2D eigenvalue weighted by Crippen LogP contribution is 2.25. The van der Waals surface area contributed by atoms with Gasteiger partial charge in [-0.2, -0.15) is 8.78 Å². The summed E-state index contributed by atoms with van der Waals surface area (Å²) in [4.78, 5) is 22.4. The molecule has 2 rings (SSSR count). The number of halogens is 2. The van der Waals surface area contributed by atoms with Crippen LogP contribution in [-0.4, -0.2) is 22.6 Å². The van der Waals surface area contributed by atoms with Crippen LogP contribution in [-0.2, 0) is 0 Å². The SMILES string of the molecule is O=C(NC(=S)Nc1ccccc1OC(F)F)c1ccccc1[N+](=O)[O-]. The number of carbonyl (C=O) groups is 1. The fourth-order valence-corrected chi connectivity index (χ4v) is 2.12. The second kappa shape index (κ2) is 8.11. The molecule has 2 aromatic carbocycles. The van der Waals surface area contributed by atoms with E-state index in [2.05, 4.69) is 15.4 Å². The minimum Gasteiger partial charge on any atom is -0.433 e. The number of amides is 1. The fourth-order valence-electron chi connectivity index (χ4n) is 1.92. The molecule has 2 aromatic rings. The molecule has 7 nitrogen and oxygen atoms in total. The number of thiocarbonyl (C=S) groups is 1. The molecule has 0 saturated carbocycles. The van der Waals surface area contributed by atoms with E-state index in [1.807, 2.05) is 0 Å². The van der Waals surface area contributed by atoms with Crippen LogP contribution >= 0.6 is 12.2 Å². The number of rotatable bonds is 5. The number of hydrogen-bond donors (Lipinski definition) is 2. The van der Waals surface area contributed by atoms with Crippen LogP contribution in [0.4, 0.5) is 20.2 Å². The quantitative estimate of drug-likeness (QED) is 0.478. The molecule has 0 saturated heterocycles. The Kier molecular flexibility index (Phi) is 5.90. The van der Waals surface area contributed by atoms with E-state index in [4.69, 9.17) is 12.2 Å². The number of hydrogen-bond acceptors (Lipinski definition) is 5. The average Bonchev–Trinajstić information content (AvgIpc) is 2.56. The number of nitro groups is 1. The third-order valence-corrected chi connectivity index (χ3v) is 3.13. The molecule has 0 aliphatic rings. The van der Waals surface area contributed by atoms with E-state index in [1.165, 1.54) is 42.5 Å². The van der Waals surface area contributed by atoms with Gasteiger partial charge in [-0.15, -0.1) is 0 Å². The van der Waals surface area contributed by atoms with Crippen molar-refractivity contribution in [3.8, 4) is 5.75 Å². The molecule has 0 aliphatic carbocycles. The summed E-state index contributed by atoms with van der Waals surface area (Å²) < 4.78 is 29.1. The van der Waals surface area contributed by atoms with Crippen molar-refractivity contribution in [2.45, 2.75) is 6.61 Å². The van der Waals surface area contributed by atoms with E-state index in [-0.39, 0.29) is 27.8 Å². The molecule has 0 unspecified atom stereocenters. The van der Waals surface area contributed by atoms with Gasteiger partial charge in [0.25, 0.3) is 11.6 Å². The summed E-state index contributed by atoms with van der Waals surface area (Å²) in [5.74, 6) is -0.975. The van der Waals surface area contributed by atoms with Crippen LogP contribution in [0.25, 0.3) is 0 Å². The second-order valence-electron chi connectivity index (χ2n) is 4.56. The van der Waals surface area contributed by atoms with Gasteiger partial charge in [-0.05, 0) is 30.4 Å². The zero-order chi connectivity index (χ0) is 18.4.